The van der Waals surface area contributed by atoms with Gasteiger partial charge in [-0.05, 0) is 14.0 Å². The van der Waals surface area contributed by atoms with E-state index in [1.54, 1.807) is 0 Å². The van der Waals surface area contributed by atoms with Crippen LogP contribution in [-0.4, -0.2) is 18.9 Å². The Morgan fingerprint density at radius 1 is 1.00 bits per heavy atom. The van der Waals surface area contributed by atoms with Crippen molar-refractivity contribution in [3.63, 3.8) is 0 Å². The number of rotatable bonds is 4. The number of likely N-dealkylation sites (N-methyl/N-ethyl adjacent to an activating group) is 1. The second-order valence-corrected chi connectivity index (χ2v) is 3.70. The third-order valence-corrected chi connectivity index (χ3v) is 2.55. The zero-order valence-electron chi connectivity index (χ0n) is 9.58. The molecule has 1 N–H and O–H groups in total. The van der Waals surface area contributed by atoms with E-state index in [4.69, 9.17) is 0 Å². The predicted molar refractivity (Wildman–Crippen MR) is 53.5 cm³/mol. The Balaban J connectivity index is 3.29. The van der Waals surface area contributed by atoms with Gasteiger partial charge in [0.15, 0.2) is 23.3 Å². The van der Waals surface area contributed by atoms with Gasteiger partial charge in [0.1, 0.15) is 5.78 Å². The highest BCUT2D eigenvalue weighted by Crippen LogP contribution is 2.24. The number of benzene rings is 1. The fourth-order valence-corrected chi connectivity index (χ4v) is 1.48. The molecular formula is C11H10F5NO. The average Bonchev–Trinajstić information content (AvgIpc) is 2.34. The van der Waals surface area contributed by atoms with E-state index in [-0.39, 0.29) is 0 Å². The number of halogens is 5. The van der Waals surface area contributed by atoms with E-state index in [2.05, 4.69) is 5.32 Å². The van der Waals surface area contributed by atoms with Crippen LogP contribution in [0.2, 0.25) is 0 Å². The third kappa shape index (κ3) is 2.50. The lowest BCUT2D eigenvalue weighted by atomic mass is 10.0. The highest BCUT2D eigenvalue weighted by Gasteiger charge is 2.27. The normalized spacial score (nSPS) is 12.6. The van der Waals surface area contributed by atoms with Crippen molar-refractivity contribution in [1.29, 1.82) is 0 Å². The molecule has 1 unspecified atom stereocenters. The summed E-state index contributed by atoms with van der Waals surface area (Å²) in [5.41, 5.74) is -0.999. The van der Waals surface area contributed by atoms with Crippen molar-refractivity contribution in [3.05, 3.63) is 34.6 Å². The molecule has 0 heterocycles. The molecule has 1 aromatic carbocycles. The van der Waals surface area contributed by atoms with E-state index >= 15 is 0 Å². The maximum Gasteiger partial charge on any atom is 0.200 e. The molecule has 1 rings (SSSR count). The first-order valence-electron chi connectivity index (χ1n) is 4.99. The van der Waals surface area contributed by atoms with Gasteiger partial charge in [-0.2, -0.15) is 0 Å². The maximum atomic E-state index is 13.3. The molecule has 0 saturated carbocycles. The van der Waals surface area contributed by atoms with E-state index in [0.29, 0.717) is 0 Å². The average molecular weight is 267 g/mol. The molecule has 0 aliphatic carbocycles. The van der Waals surface area contributed by atoms with Crippen LogP contribution in [0.1, 0.15) is 12.5 Å². The molecule has 0 aliphatic heterocycles. The second kappa shape index (κ2) is 5.43. The van der Waals surface area contributed by atoms with Crippen LogP contribution < -0.4 is 5.32 Å². The molecule has 1 aromatic rings. The van der Waals surface area contributed by atoms with Gasteiger partial charge in [-0.3, -0.25) is 4.79 Å². The fraction of sp³-hybridized carbons (Fsp3) is 0.364. The molecule has 18 heavy (non-hydrogen) atoms. The zero-order valence-corrected chi connectivity index (χ0v) is 9.58. The topological polar surface area (TPSA) is 29.1 Å². The molecular weight excluding hydrogens is 257 g/mol. The number of hydrogen-bond donors (Lipinski definition) is 1. The summed E-state index contributed by atoms with van der Waals surface area (Å²) < 4.78 is 65.2. The predicted octanol–water partition coefficient (Wildman–Crippen LogP) is 2.10. The van der Waals surface area contributed by atoms with Crippen molar-refractivity contribution in [1.82, 2.24) is 5.32 Å². The summed E-state index contributed by atoms with van der Waals surface area (Å²) in [4.78, 5) is 11.1. The van der Waals surface area contributed by atoms with E-state index in [1.807, 2.05) is 0 Å². The second-order valence-electron chi connectivity index (χ2n) is 3.70. The van der Waals surface area contributed by atoms with E-state index in [0.717, 1.165) is 6.92 Å². The molecule has 0 aliphatic rings. The van der Waals surface area contributed by atoms with E-state index in [9.17, 15) is 26.7 Å². The van der Waals surface area contributed by atoms with Gasteiger partial charge in [-0.1, -0.05) is 0 Å². The standard InChI is InChI=1S/C11H10F5NO/c1-4(18)6(17-2)3-5-7(12)9(14)11(16)10(15)8(5)13/h6,17H,3H2,1-2H3. The van der Waals surface area contributed by atoms with Gasteiger partial charge in [0.2, 0.25) is 5.82 Å². The lowest BCUT2D eigenvalue weighted by molar-refractivity contribution is -0.118. The van der Waals surface area contributed by atoms with Gasteiger partial charge in [0.25, 0.3) is 0 Å². The maximum absolute atomic E-state index is 13.3. The highest BCUT2D eigenvalue weighted by atomic mass is 19.2. The van der Waals surface area contributed by atoms with Crippen molar-refractivity contribution < 1.29 is 26.7 Å². The number of nitrogens with one attached hydrogen (secondary N) is 1. The van der Waals surface area contributed by atoms with Crippen molar-refractivity contribution >= 4 is 5.78 Å². The van der Waals surface area contributed by atoms with Gasteiger partial charge < -0.3 is 5.32 Å². The van der Waals surface area contributed by atoms with Crippen molar-refractivity contribution in [2.24, 2.45) is 0 Å². The summed E-state index contributed by atoms with van der Waals surface area (Å²) in [5, 5.41) is 2.44. The minimum atomic E-state index is -2.21. The first-order valence-corrected chi connectivity index (χ1v) is 4.99. The molecule has 7 heteroatoms. The fourth-order valence-electron chi connectivity index (χ4n) is 1.48. The molecule has 0 aromatic heterocycles. The first kappa shape index (κ1) is 14.6. The molecule has 0 radical (unpaired) electrons. The van der Waals surface area contributed by atoms with Gasteiger partial charge in [0, 0.05) is 12.0 Å². The SMILES string of the molecule is CNC(Cc1c(F)c(F)c(F)c(F)c1F)C(C)=O. The van der Waals surface area contributed by atoms with Gasteiger partial charge >= 0.3 is 0 Å². The summed E-state index contributed by atoms with van der Waals surface area (Å²) in [6, 6.07) is -1.02. The number of hydrogen-bond acceptors (Lipinski definition) is 2. The number of Topliss-reactive ketones (excluding diaryl/α,β-unsaturated/α-hetero) is 1. The van der Waals surface area contributed by atoms with Crippen LogP contribution in [0, 0.1) is 29.1 Å². The monoisotopic (exact) mass is 267 g/mol. The molecule has 0 bridgehead atoms. The molecule has 2 nitrogen and oxygen atoms in total. The van der Waals surface area contributed by atoms with Crippen LogP contribution in [0.15, 0.2) is 0 Å². The zero-order chi connectivity index (χ0) is 14.0. The summed E-state index contributed by atoms with van der Waals surface area (Å²) >= 11 is 0. The van der Waals surface area contributed by atoms with E-state index < -0.39 is 52.9 Å². The van der Waals surface area contributed by atoms with Crippen molar-refractivity contribution in [3.8, 4) is 0 Å². The molecule has 0 amide bonds. The number of carbonyl (C=O) groups is 1. The molecule has 1 atom stereocenters. The van der Waals surface area contributed by atoms with E-state index in [1.165, 1.54) is 7.05 Å². The van der Waals surface area contributed by atoms with Crippen LogP contribution in [-0.2, 0) is 11.2 Å². The van der Waals surface area contributed by atoms with Crippen molar-refractivity contribution in [2.75, 3.05) is 7.05 Å². The van der Waals surface area contributed by atoms with Gasteiger partial charge in [-0.25, -0.2) is 22.0 Å². The number of ketones is 1. The minimum absolute atomic E-state index is 0.471. The summed E-state index contributed by atoms with van der Waals surface area (Å²) in [6.45, 7) is 1.15. The lowest BCUT2D eigenvalue weighted by Crippen LogP contribution is -2.35. The molecule has 0 fully saturated rings. The van der Waals surface area contributed by atoms with Crippen LogP contribution in [0.5, 0.6) is 0 Å². The molecule has 0 spiro atoms. The van der Waals surface area contributed by atoms with Crippen molar-refractivity contribution in [2.45, 2.75) is 19.4 Å². The Kier molecular flexibility index (Phi) is 4.39. The van der Waals surface area contributed by atoms with Crippen LogP contribution in [0.25, 0.3) is 0 Å². The molecule has 100 valence electrons. The Bertz CT molecular complexity index is 460. The summed E-state index contributed by atoms with van der Waals surface area (Å²) in [6.07, 6.45) is -0.613. The number of carbonyl (C=O) groups excluding carboxylic acids is 1. The van der Waals surface area contributed by atoms with Crippen LogP contribution in [0.3, 0.4) is 0 Å². The minimum Gasteiger partial charge on any atom is -0.310 e. The lowest BCUT2D eigenvalue weighted by Gasteiger charge is -2.14. The quantitative estimate of drug-likeness (QED) is 0.514. The van der Waals surface area contributed by atoms with Crippen LogP contribution >= 0.6 is 0 Å². The largest absolute Gasteiger partial charge is 0.310 e. The molecule has 0 saturated heterocycles. The van der Waals surface area contributed by atoms with Crippen LogP contribution in [0.4, 0.5) is 22.0 Å². The Morgan fingerprint density at radius 3 is 1.72 bits per heavy atom. The third-order valence-electron chi connectivity index (χ3n) is 2.55. The Labute approximate surface area is 99.8 Å². The summed E-state index contributed by atoms with van der Waals surface area (Å²) in [7, 11) is 1.35. The Morgan fingerprint density at radius 2 is 1.39 bits per heavy atom. The van der Waals surface area contributed by atoms with Gasteiger partial charge in [-0.15, -0.1) is 0 Å². The summed E-state index contributed by atoms with van der Waals surface area (Å²) in [5.74, 6) is -10.5. The highest BCUT2D eigenvalue weighted by molar-refractivity contribution is 5.81. The Hall–Kier alpha value is -1.50. The first-order chi connectivity index (χ1) is 8.31. The van der Waals surface area contributed by atoms with Gasteiger partial charge in [0.05, 0.1) is 6.04 Å². The smallest absolute Gasteiger partial charge is 0.200 e.